The number of aliphatic hydroxyl groups is 1. The van der Waals surface area contributed by atoms with E-state index < -0.39 is 23.2 Å². The van der Waals surface area contributed by atoms with E-state index in [-0.39, 0.29) is 42.2 Å². The minimum Gasteiger partial charge on any atom is -0.384 e. The maximum absolute atomic E-state index is 13.1. The van der Waals surface area contributed by atoms with Gasteiger partial charge in [-0.05, 0) is 69.4 Å². The van der Waals surface area contributed by atoms with Gasteiger partial charge in [-0.1, -0.05) is 12.1 Å². The number of ether oxygens (including phenoxy) is 1. The van der Waals surface area contributed by atoms with Crippen molar-refractivity contribution in [3.63, 3.8) is 0 Å². The van der Waals surface area contributed by atoms with Crippen LogP contribution in [0.15, 0.2) is 48.7 Å². The van der Waals surface area contributed by atoms with E-state index in [2.05, 4.69) is 15.6 Å². The second-order valence-corrected chi connectivity index (χ2v) is 10.4. The van der Waals surface area contributed by atoms with Gasteiger partial charge in [0, 0.05) is 37.5 Å². The Labute approximate surface area is 225 Å². The quantitative estimate of drug-likeness (QED) is 0.468. The van der Waals surface area contributed by atoms with Crippen molar-refractivity contribution >= 4 is 11.8 Å². The molecule has 8 nitrogen and oxygen atoms in total. The van der Waals surface area contributed by atoms with Gasteiger partial charge in [0.2, 0.25) is 5.91 Å². The summed E-state index contributed by atoms with van der Waals surface area (Å²) in [6, 6.07) is 9.58. The zero-order chi connectivity index (χ0) is 28.2. The van der Waals surface area contributed by atoms with Crippen LogP contribution in [-0.4, -0.2) is 71.2 Å². The van der Waals surface area contributed by atoms with Gasteiger partial charge in [-0.2, -0.15) is 13.2 Å². The van der Waals surface area contributed by atoms with E-state index in [0.717, 1.165) is 31.0 Å². The van der Waals surface area contributed by atoms with Crippen LogP contribution in [0.25, 0.3) is 0 Å². The molecule has 0 bridgehead atoms. The minimum atomic E-state index is -4.57. The molecule has 2 aromatic rings. The van der Waals surface area contributed by atoms with Crippen molar-refractivity contribution in [2.75, 3.05) is 20.2 Å². The highest BCUT2D eigenvalue weighted by Gasteiger charge is 2.41. The van der Waals surface area contributed by atoms with Crippen molar-refractivity contribution in [1.29, 1.82) is 0 Å². The third kappa shape index (κ3) is 6.95. The number of alkyl halides is 3. The fourth-order valence-electron chi connectivity index (χ4n) is 5.56. The Hall–Kier alpha value is -3.02. The standard InChI is InChI=1S/C28H35F3N4O4/c1-18(39-2)23-15-22(34-21-9-11-27(38,12-10-21)24-8-3-4-13-32-24)17-35(23)25(36)16-33-26(37)19-6-5-7-20(14-19)28(29,30)31/h3-8,13-14,18,21-23,34,38H,9-12,15-17H2,1-2H3,(H,33,37)/t18-,21?,22-,23-,27?/m0/s1. The summed E-state index contributed by atoms with van der Waals surface area (Å²) >= 11 is 0. The molecule has 4 rings (SSSR count). The first kappa shape index (κ1) is 29.0. The van der Waals surface area contributed by atoms with Crippen LogP contribution < -0.4 is 10.6 Å². The number of carbonyl (C=O) groups excluding carboxylic acids is 2. The fourth-order valence-corrected chi connectivity index (χ4v) is 5.56. The predicted octanol–water partition coefficient (Wildman–Crippen LogP) is 3.25. The summed E-state index contributed by atoms with van der Waals surface area (Å²) in [5.74, 6) is -1.08. The maximum atomic E-state index is 13.1. The number of amides is 2. The normalized spacial score (nSPS) is 26.3. The van der Waals surface area contributed by atoms with Gasteiger partial charge < -0.3 is 25.4 Å². The van der Waals surface area contributed by atoms with Crippen LogP contribution in [0.3, 0.4) is 0 Å². The molecule has 2 aliphatic rings. The molecule has 0 spiro atoms. The van der Waals surface area contributed by atoms with Crippen LogP contribution in [0, 0.1) is 0 Å². The maximum Gasteiger partial charge on any atom is 0.416 e. The summed E-state index contributed by atoms with van der Waals surface area (Å²) in [7, 11) is 1.57. The molecule has 3 N–H and O–H groups in total. The highest BCUT2D eigenvalue weighted by atomic mass is 19.4. The summed E-state index contributed by atoms with van der Waals surface area (Å²) in [5.41, 5.74) is -1.35. The molecule has 1 aromatic carbocycles. The lowest BCUT2D eigenvalue weighted by Gasteiger charge is -2.37. The summed E-state index contributed by atoms with van der Waals surface area (Å²) < 4.78 is 44.5. The van der Waals surface area contributed by atoms with Gasteiger partial charge in [0.05, 0.1) is 29.9 Å². The molecule has 1 saturated heterocycles. The number of halogens is 3. The number of nitrogens with zero attached hydrogens (tertiary/aromatic N) is 2. The number of rotatable bonds is 8. The lowest BCUT2D eigenvalue weighted by molar-refractivity contribution is -0.137. The molecule has 1 aromatic heterocycles. The van der Waals surface area contributed by atoms with Crippen LogP contribution in [0.2, 0.25) is 0 Å². The zero-order valence-corrected chi connectivity index (χ0v) is 22.1. The van der Waals surface area contributed by atoms with E-state index in [9.17, 15) is 27.9 Å². The summed E-state index contributed by atoms with van der Waals surface area (Å²) in [6.45, 7) is 1.95. The Bertz CT molecular complexity index is 1140. The molecule has 3 atom stereocenters. The van der Waals surface area contributed by atoms with Crippen molar-refractivity contribution < 1.29 is 32.6 Å². The second kappa shape index (κ2) is 12.0. The van der Waals surface area contributed by atoms with Gasteiger partial charge in [-0.3, -0.25) is 14.6 Å². The van der Waals surface area contributed by atoms with Gasteiger partial charge in [-0.15, -0.1) is 0 Å². The van der Waals surface area contributed by atoms with Crippen molar-refractivity contribution in [2.45, 2.75) is 75.0 Å². The van der Waals surface area contributed by atoms with E-state index in [4.69, 9.17) is 4.74 Å². The lowest BCUT2D eigenvalue weighted by atomic mass is 9.79. The van der Waals surface area contributed by atoms with Crippen molar-refractivity contribution in [3.05, 3.63) is 65.5 Å². The van der Waals surface area contributed by atoms with E-state index >= 15 is 0 Å². The molecule has 2 amide bonds. The number of carbonyl (C=O) groups is 2. The van der Waals surface area contributed by atoms with E-state index in [1.807, 2.05) is 25.1 Å². The number of methoxy groups -OCH3 is 1. The molecule has 39 heavy (non-hydrogen) atoms. The molecule has 11 heteroatoms. The van der Waals surface area contributed by atoms with Gasteiger partial charge in [0.15, 0.2) is 0 Å². The van der Waals surface area contributed by atoms with Gasteiger partial charge >= 0.3 is 6.18 Å². The Kier molecular flexibility index (Phi) is 8.93. The van der Waals surface area contributed by atoms with Crippen LogP contribution >= 0.6 is 0 Å². The predicted molar refractivity (Wildman–Crippen MR) is 138 cm³/mol. The first-order valence-electron chi connectivity index (χ1n) is 13.2. The van der Waals surface area contributed by atoms with Gasteiger partial charge in [0.25, 0.3) is 5.91 Å². The zero-order valence-electron chi connectivity index (χ0n) is 22.1. The lowest BCUT2D eigenvalue weighted by Crippen LogP contribution is -2.47. The third-order valence-electron chi connectivity index (χ3n) is 7.86. The average molecular weight is 549 g/mol. The molecule has 0 unspecified atom stereocenters. The number of pyridine rings is 1. The molecule has 2 heterocycles. The topological polar surface area (TPSA) is 104 Å². The highest BCUT2D eigenvalue weighted by Crippen LogP contribution is 2.36. The monoisotopic (exact) mass is 548 g/mol. The number of hydrogen-bond donors (Lipinski definition) is 3. The molecule has 1 aliphatic heterocycles. The largest absolute Gasteiger partial charge is 0.416 e. The van der Waals surface area contributed by atoms with E-state index in [0.29, 0.717) is 31.5 Å². The Balaban J connectivity index is 1.33. The summed E-state index contributed by atoms with van der Waals surface area (Å²) in [6.07, 6.45) is 0.199. The van der Waals surface area contributed by atoms with E-state index in [1.165, 1.54) is 6.07 Å². The third-order valence-corrected chi connectivity index (χ3v) is 7.86. The molecule has 212 valence electrons. The smallest absolute Gasteiger partial charge is 0.384 e. The molecule has 1 saturated carbocycles. The minimum absolute atomic E-state index is 0.00163. The van der Waals surface area contributed by atoms with Crippen molar-refractivity contribution in [2.24, 2.45) is 0 Å². The molecule has 1 aliphatic carbocycles. The first-order chi connectivity index (χ1) is 18.5. The SMILES string of the molecule is CO[C@@H](C)[C@@H]1C[C@H](NC2CCC(O)(c3ccccn3)CC2)CN1C(=O)CNC(=O)c1cccc(C(F)(F)F)c1. The Morgan fingerprint density at radius 1 is 1.18 bits per heavy atom. The van der Waals surface area contributed by atoms with Gasteiger partial charge in [0.1, 0.15) is 5.60 Å². The average Bonchev–Trinajstić information content (AvgIpc) is 3.36. The number of aromatic nitrogens is 1. The van der Waals surface area contributed by atoms with Crippen LogP contribution in [0.1, 0.15) is 60.6 Å². The van der Waals surface area contributed by atoms with Crippen LogP contribution in [0.4, 0.5) is 13.2 Å². The molecule has 0 radical (unpaired) electrons. The second-order valence-electron chi connectivity index (χ2n) is 10.4. The van der Waals surface area contributed by atoms with Crippen molar-refractivity contribution in [3.8, 4) is 0 Å². The number of hydrogen-bond acceptors (Lipinski definition) is 6. The molecular weight excluding hydrogens is 513 g/mol. The number of nitrogens with one attached hydrogen (secondary N) is 2. The van der Waals surface area contributed by atoms with Crippen LogP contribution in [-0.2, 0) is 21.3 Å². The molecular formula is C28H35F3N4O4. The van der Waals surface area contributed by atoms with E-state index in [1.54, 1.807) is 18.2 Å². The van der Waals surface area contributed by atoms with Gasteiger partial charge in [-0.25, -0.2) is 0 Å². The molecule has 2 fully saturated rings. The number of benzene rings is 1. The fraction of sp³-hybridized carbons (Fsp3) is 0.536. The summed E-state index contributed by atoms with van der Waals surface area (Å²) in [5, 5.41) is 17.2. The van der Waals surface area contributed by atoms with Crippen LogP contribution in [0.5, 0.6) is 0 Å². The summed E-state index contributed by atoms with van der Waals surface area (Å²) in [4.78, 5) is 31.6. The first-order valence-corrected chi connectivity index (χ1v) is 13.2. The Morgan fingerprint density at radius 2 is 1.92 bits per heavy atom. The highest BCUT2D eigenvalue weighted by molar-refractivity contribution is 5.96. The number of likely N-dealkylation sites (tertiary alicyclic amines) is 1. The van der Waals surface area contributed by atoms with Crippen molar-refractivity contribution in [1.82, 2.24) is 20.5 Å². The Morgan fingerprint density at radius 3 is 2.56 bits per heavy atom.